The Balaban J connectivity index is 4.39. The van der Waals surface area contributed by atoms with Crippen molar-refractivity contribution in [3.63, 3.8) is 0 Å². The van der Waals surface area contributed by atoms with Crippen LogP contribution >= 0.6 is 17.9 Å². The van der Waals surface area contributed by atoms with Crippen LogP contribution in [0.4, 0.5) is 0 Å². The van der Waals surface area contributed by atoms with Gasteiger partial charge in [-0.1, -0.05) is 0 Å². The SMILES string of the molecule is CCC[CH2][Sn]([CH2]CCC)([S]CCO)[S]CCO. The molecule has 0 radical (unpaired) electrons. The Morgan fingerprint density at radius 3 is 1.53 bits per heavy atom. The van der Waals surface area contributed by atoms with Crippen LogP contribution in [0.3, 0.4) is 0 Å². The molecule has 0 aromatic rings. The Labute approximate surface area is 116 Å². The van der Waals surface area contributed by atoms with Crippen LogP contribution < -0.4 is 0 Å². The summed E-state index contributed by atoms with van der Waals surface area (Å²) < 4.78 is 2.81. The summed E-state index contributed by atoms with van der Waals surface area (Å²) in [6.07, 6.45) is 5.20. The normalized spacial score (nSPS) is 12.0. The number of hydrogen-bond acceptors (Lipinski definition) is 4. The van der Waals surface area contributed by atoms with E-state index in [1.54, 1.807) is 0 Å². The molecule has 0 heterocycles. The average molecular weight is 387 g/mol. The number of rotatable bonds is 12. The van der Waals surface area contributed by atoms with Crippen LogP contribution in [0, 0.1) is 0 Å². The molecular formula is C12H28O2S2Sn. The monoisotopic (exact) mass is 388 g/mol. The fourth-order valence-electron chi connectivity index (χ4n) is 1.81. The molecule has 17 heavy (non-hydrogen) atoms. The third-order valence-corrected chi connectivity index (χ3v) is 33.7. The summed E-state index contributed by atoms with van der Waals surface area (Å²) in [7, 11) is 4.20. The third kappa shape index (κ3) is 9.03. The van der Waals surface area contributed by atoms with Crippen LogP contribution in [0.5, 0.6) is 0 Å². The third-order valence-electron chi connectivity index (χ3n) is 2.74. The molecular weight excluding hydrogens is 359 g/mol. The van der Waals surface area contributed by atoms with Gasteiger partial charge in [-0.15, -0.1) is 0 Å². The molecule has 0 unspecified atom stereocenters. The van der Waals surface area contributed by atoms with Gasteiger partial charge >= 0.3 is 117 Å². The first-order valence-corrected chi connectivity index (χ1v) is 19.7. The van der Waals surface area contributed by atoms with Gasteiger partial charge in [0.25, 0.3) is 0 Å². The average Bonchev–Trinajstić information content (AvgIpc) is 2.37. The van der Waals surface area contributed by atoms with Gasteiger partial charge in [-0.3, -0.25) is 0 Å². The van der Waals surface area contributed by atoms with Gasteiger partial charge in [0.1, 0.15) is 0 Å². The Kier molecular flexibility index (Phi) is 13.5. The van der Waals surface area contributed by atoms with E-state index in [4.69, 9.17) is 10.2 Å². The summed E-state index contributed by atoms with van der Waals surface area (Å²) in [5.74, 6) is 1.81. The molecule has 0 spiro atoms. The minimum absolute atomic E-state index is 0.307. The van der Waals surface area contributed by atoms with Gasteiger partial charge in [0.05, 0.1) is 0 Å². The first-order chi connectivity index (χ1) is 8.24. The first-order valence-electron chi connectivity index (χ1n) is 6.74. The predicted octanol–water partition coefficient (Wildman–Crippen LogP) is 3.48. The molecule has 0 atom stereocenters. The zero-order valence-electron chi connectivity index (χ0n) is 11.3. The number of hydrogen-bond donors (Lipinski definition) is 2. The summed E-state index contributed by atoms with van der Waals surface area (Å²) >= 11 is -2.18. The molecule has 104 valence electrons. The van der Waals surface area contributed by atoms with Crippen LogP contribution in [0.1, 0.15) is 39.5 Å². The second kappa shape index (κ2) is 12.5. The Bertz CT molecular complexity index is 133. The molecule has 2 nitrogen and oxygen atoms in total. The molecule has 2 N–H and O–H groups in total. The predicted molar refractivity (Wildman–Crippen MR) is 84.3 cm³/mol. The molecule has 0 aliphatic heterocycles. The zero-order chi connectivity index (χ0) is 13.0. The van der Waals surface area contributed by atoms with E-state index in [9.17, 15) is 0 Å². The van der Waals surface area contributed by atoms with Crippen LogP contribution in [0.15, 0.2) is 0 Å². The molecule has 0 rings (SSSR count). The molecule has 0 bridgehead atoms. The van der Waals surface area contributed by atoms with Crippen molar-refractivity contribution in [2.75, 3.05) is 24.7 Å². The van der Waals surface area contributed by atoms with E-state index in [1.807, 2.05) is 0 Å². The topological polar surface area (TPSA) is 40.5 Å². The van der Waals surface area contributed by atoms with Gasteiger partial charge < -0.3 is 0 Å². The maximum absolute atomic E-state index is 9.06. The summed E-state index contributed by atoms with van der Waals surface area (Å²) in [4.78, 5) is 0. The van der Waals surface area contributed by atoms with E-state index < -0.39 is 15.6 Å². The second-order valence-electron chi connectivity index (χ2n) is 4.26. The number of unbranched alkanes of at least 4 members (excludes halogenated alkanes) is 2. The van der Waals surface area contributed by atoms with E-state index in [2.05, 4.69) is 31.7 Å². The summed E-state index contributed by atoms with van der Waals surface area (Å²) in [5.41, 5.74) is 0. The quantitative estimate of drug-likeness (QED) is 0.503. The van der Waals surface area contributed by atoms with Crippen molar-refractivity contribution in [1.29, 1.82) is 0 Å². The van der Waals surface area contributed by atoms with Crippen molar-refractivity contribution in [3.05, 3.63) is 0 Å². The Morgan fingerprint density at radius 2 is 1.24 bits per heavy atom. The van der Waals surface area contributed by atoms with Crippen LogP contribution in [-0.4, -0.2) is 50.5 Å². The van der Waals surface area contributed by atoms with Crippen LogP contribution in [0.2, 0.25) is 8.87 Å². The minimum atomic E-state index is -2.18. The molecule has 0 saturated carbocycles. The molecule has 0 saturated heterocycles. The second-order valence-corrected chi connectivity index (χ2v) is 30.9. The van der Waals surface area contributed by atoms with Gasteiger partial charge in [-0.2, -0.15) is 0 Å². The van der Waals surface area contributed by atoms with E-state index in [0.29, 0.717) is 13.2 Å². The first kappa shape index (κ1) is 18.4. The Hall–Kier alpha value is 1.42. The molecule has 0 aromatic carbocycles. The van der Waals surface area contributed by atoms with Crippen molar-refractivity contribution in [1.82, 2.24) is 0 Å². The Morgan fingerprint density at radius 1 is 0.824 bits per heavy atom. The standard InChI is InChI=1S/2C4H9.2C2H6OS.Sn/c2*1-3-4-2;2*3-1-2-4;/h2*1,3-4H2,2H3;2*3-4H,1-2H2;/q;;;;+2/p-2. The van der Waals surface area contributed by atoms with Crippen molar-refractivity contribution >= 4 is 33.5 Å². The fourth-order valence-corrected chi connectivity index (χ4v) is 31.7. The van der Waals surface area contributed by atoms with E-state index in [0.717, 1.165) is 11.5 Å². The maximum atomic E-state index is 9.06. The van der Waals surface area contributed by atoms with Gasteiger partial charge in [0.2, 0.25) is 0 Å². The van der Waals surface area contributed by atoms with Crippen molar-refractivity contribution < 1.29 is 10.2 Å². The van der Waals surface area contributed by atoms with E-state index >= 15 is 0 Å². The van der Waals surface area contributed by atoms with Gasteiger partial charge in [-0.05, 0) is 0 Å². The molecule has 0 aliphatic carbocycles. The molecule has 0 amide bonds. The summed E-state index contributed by atoms with van der Waals surface area (Å²) in [6.45, 7) is 5.12. The van der Waals surface area contributed by atoms with Gasteiger partial charge in [0, 0.05) is 0 Å². The summed E-state index contributed by atoms with van der Waals surface area (Å²) in [6, 6.07) is 0. The molecule has 0 aromatic heterocycles. The number of aliphatic hydroxyl groups is 2. The van der Waals surface area contributed by atoms with Gasteiger partial charge in [-0.25, -0.2) is 0 Å². The van der Waals surface area contributed by atoms with Gasteiger partial charge in [0.15, 0.2) is 0 Å². The number of aliphatic hydroxyl groups excluding tert-OH is 2. The zero-order valence-corrected chi connectivity index (χ0v) is 15.8. The van der Waals surface area contributed by atoms with E-state index in [-0.39, 0.29) is 0 Å². The van der Waals surface area contributed by atoms with Crippen molar-refractivity contribution in [2.45, 2.75) is 48.4 Å². The van der Waals surface area contributed by atoms with Crippen LogP contribution in [-0.2, 0) is 0 Å². The molecule has 0 fully saturated rings. The molecule has 5 heteroatoms. The van der Waals surface area contributed by atoms with Crippen molar-refractivity contribution in [3.8, 4) is 0 Å². The van der Waals surface area contributed by atoms with E-state index in [1.165, 1.54) is 34.6 Å². The fraction of sp³-hybridized carbons (Fsp3) is 1.00. The molecule has 0 aliphatic rings. The van der Waals surface area contributed by atoms with Crippen molar-refractivity contribution in [2.24, 2.45) is 0 Å². The summed E-state index contributed by atoms with van der Waals surface area (Å²) in [5, 5.41) is 18.1. The van der Waals surface area contributed by atoms with Crippen LogP contribution in [0.25, 0.3) is 0 Å².